The monoisotopic (exact) mass is 272 g/mol. The quantitative estimate of drug-likeness (QED) is 0.934. The van der Waals surface area contributed by atoms with Crippen molar-refractivity contribution in [2.24, 2.45) is 5.92 Å². The second-order valence-electron chi connectivity index (χ2n) is 6.04. The van der Waals surface area contributed by atoms with Gasteiger partial charge in [-0.05, 0) is 49.1 Å². The molecule has 106 valence electrons. The van der Waals surface area contributed by atoms with Crippen LogP contribution in [0, 0.1) is 5.92 Å². The number of pyridine rings is 1. The number of nitrogens with zero attached hydrogens (tertiary/aromatic N) is 2. The Bertz CT molecular complexity index is 612. The Morgan fingerprint density at radius 1 is 1.25 bits per heavy atom. The number of rotatable bonds is 3. The van der Waals surface area contributed by atoms with Gasteiger partial charge in [0.25, 0.3) is 0 Å². The van der Waals surface area contributed by atoms with Crippen molar-refractivity contribution in [2.75, 3.05) is 13.2 Å². The third kappa shape index (κ3) is 2.03. The van der Waals surface area contributed by atoms with Gasteiger partial charge < -0.3 is 14.2 Å². The van der Waals surface area contributed by atoms with Crippen LogP contribution in [0.3, 0.4) is 0 Å². The van der Waals surface area contributed by atoms with Gasteiger partial charge in [0.1, 0.15) is 0 Å². The molecule has 1 saturated carbocycles. The van der Waals surface area contributed by atoms with E-state index in [0.717, 1.165) is 37.1 Å². The lowest BCUT2D eigenvalue weighted by molar-refractivity contribution is 0.00729. The van der Waals surface area contributed by atoms with Crippen LogP contribution >= 0.6 is 0 Å². The van der Waals surface area contributed by atoms with Gasteiger partial charge in [0, 0.05) is 25.0 Å². The normalized spacial score (nSPS) is 22.2. The molecule has 0 amide bonds. The lowest BCUT2D eigenvalue weighted by atomic mass is 9.86. The van der Waals surface area contributed by atoms with E-state index in [1.165, 1.54) is 18.4 Å². The van der Waals surface area contributed by atoms with Crippen LogP contribution in [-0.2, 0) is 4.74 Å². The summed E-state index contributed by atoms with van der Waals surface area (Å²) in [5.41, 5.74) is 3.50. The van der Waals surface area contributed by atoms with Gasteiger partial charge in [0.05, 0.1) is 24.1 Å². The molecule has 1 aliphatic heterocycles. The number of aromatic nitrogens is 2. The molecule has 2 fully saturated rings. The van der Waals surface area contributed by atoms with E-state index in [2.05, 4.69) is 17.2 Å². The molecule has 0 aromatic carbocycles. The highest BCUT2D eigenvalue weighted by molar-refractivity contribution is 5.59. The Labute approximate surface area is 118 Å². The highest BCUT2D eigenvalue weighted by Gasteiger charge is 2.32. The zero-order valence-corrected chi connectivity index (χ0v) is 11.5. The molecule has 2 aromatic heterocycles. The Morgan fingerprint density at radius 2 is 2.05 bits per heavy atom. The van der Waals surface area contributed by atoms with Gasteiger partial charge in [-0.2, -0.15) is 0 Å². The number of ether oxygens (including phenoxy) is 1. The predicted molar refractivity (Wildman–Crippen MR) is 75.7 cm³/mol. The molecular weight excluding hydrogens is 252 g/mol. The summed E-state index contributed by atoms with van der Waals surface area (Å²) in [4.78, 5) is 4.24. The molecule has 3 heterocycles. The fourth-order valence-electron chi connectivity index (χ4n) is 3.37. The number of hydrogen-bond donors (Lipinski definition) is 1. The van der Waals surface area contributed by atoms with E-state index in [9.17, 15) is 5.11 Å². The number of aliphatic hydroxyl groups is 1. The Morgan fingerprint density at radius 3 is 2.80 bits per heavy atom. The van der Waals surface area contributed by atoms with Gasteiger partial charge in [0.2, 0.25) is 0 Å². The molecule has 2 aromatic rings. The molecular formula is C16H20N2O2. The largest absolute Gasteiger partial charge is 0.388 e. The summed E-state index contributed by atoms with van der Waals surface area (Å²) in [5.74, 6) is 0.946. The summed E-state index contributed by atoms with van der Waals surface area (Å²) in [6, 6.07) is 2.17. The van der Waals surface area contributed by atoms with Crippen molar-refractivity contribution in [1.29, 1.82) is 0 Å². The average molecular weight is 272 g/mol. The Balaban J connectivity index is 1.79. The molecule has 20 heavy (non-hydrogen) atoms. The first kappa shape index (κ1) is 12.4. The highest BCUT2D eigenvalue weighted by atomic mass is 16.5. The fraction of sp³-hybridized carbons (Fsp3) is 0.562. The first-order valence-corrected chi connectivity index (χ1v) is 7.55. The molecule has 0 radical (unpaired) electrons. The zero-order chi connectivity index (χ0) is 13.5. The van der Waals surface area contributed by atoms with Gasteiger partial charge in [-0.3, -0.25) is 0 Å². The summed E-state index contributed by atoms with van der Waals surface area (Å²) in [6.07, 6.45) is 9.75. The summed E-state index contributed by atoms with van der Waals surface area (Å²) in [6.45, 7) is 1.53. The third-order valence-electron chi connectivity index (χ3n) is 4.69. The maximum atomic E-state index is 10.9. The van der Waals surface area contributed by atoms with E-state index in [0.29, 0.717) is 11.8 Å². The van der Waals surface area contributed by atoms with E-state index in [4.69, 9.17) is 4.74 Å². The topological polar surface area (TPSA) is 46.8 Å². The summed E-state index contributed by atoms with van der Waals surface area (Å²) in [7, 11) is 0. The second kappa shape index (κ2) is 4.86. The van der Waals surface area contributed by atoms with E-state index in [1.807, 2.05) is 16.9 Å². The molecule has 1 atom stereocenters. The van der Waals surface area contributed by atoms with Crippen molar-refractivity contribution in [3.63, 3.8) is 0 Å². The number of hydrogen-bond acceptors (Lipinski definition) is 3. The first-order chi connectivity index (χ1) is 9.84. The molecule has 1 N–H and O–H groups in total. The minimum absolute atomic E-state index is 0.308. The van der Waals surface area contributed by atoms with Crippen molar-refractivity contribution in [3.05, 3.63) is 35.9 Å². The van der Waals surface area contributed by atoms with Crippen LogP contribution in [0.2, 0.25) is 0 Å². The van der Waals surface area contributed by atoms with E-state index >= 15 is 0 Å². The number of fused-ring (bicyclic) bond motifs is 1. The second-order valence-corrected chi connectivity index (χ2v) is 6.04. The highest BCUT2D eigenvalue weighted by Crippen LogP contribution is 2.45. The van der Waals surface area contributed by atoms with Crippen LogP contribution in [0.5, 0.6) is 0 Å². The van der Waals surface area contributed by atoms with Crippen molar-refractivity contribution >= 4 is 5.52 Å². The third-order valence-corrected chi connectivity index (χ3v) is 4.69. The maximum Gasteiger partial charge on any atom is 0.0992 e. The lowest BCUT2D eigenvalue weighted by Gasteiger charge is -2.28. The van der Waals surface area contributed by atoms with Crippen molar-refractivity contribution in [1.82, 2.24) is 9.38 Å². The SMILES string of the molecule is OC(c1c(C2CC2)ccn2cncc12)C1CCOCC1. The molecule has 4 rings (SSSR count). The summed E-state index contributed by atoms with van der Waals surface area (Å²) >= 11 is 0. The zero-order valence-electron chi connectivity index (χ0n) is 11.5. The van der Waals surface area contributed by atoms with Crippen molar-refractivity contribution < 1.29 is 9.84 Å². The molecule has 0 spiro atoms. The predicted octanol–water partition coefficient (Wildman–Crippen LogP) is 2.67. The maximum absolute atomic E-state index is 10.9. The molecule has 4 nitrogen and oxygen atoms in total. The first-order valence-electron chi connectivity index (χ1n) is 7.55. The van der Waals surface area contributed by atoms with Crippen LogP contribution in [-0.4, -0.2) is 27.7 Å². The van der Waals surface area contributed by atoms with Gasteiger partial charge >= 0.3 is 0 Å². The van der Waals surface area contributed by atoms with Crippen LogP contribution in [0.15, 0.2) is 24.8 Å². The van der Waals surface area contributed by atoms with Crippen LogP contribution in [0.1, 0.15) is 48.8 Å². The van der Waals surface area contributed by atoms with E-state index in [-0.39, 0.29) is 0 Å². The van der Waals surface area contributed by atoms with E-state index in [1.54, 1.807) is 0 Å². The molecule has 1 saturated heterocycles. The number of imidazole rings is 1. The molecule has 4 heteroatoms. The van der Waals surface area contributed by atoms with Gasteiger partial charge in [0.15, 0.2) is 0 Å². The van der Waals surface area contributed by atoms with Crippen LogP contribution in [0.4, 0.5) is 0 Å². The molecule has 1 unspecified atom stereocenters. The minimum Gasteiger partial charge on any atom is -0.388 e. The van der Waals surface area contributed by atoms with Gasteiger partial charge in [-0.15, -0.1) is 0 Å². The molecule has 2 aliphatic rings. The van der Waals surface area contributed by atoms with Crippen LogP contribution < -0.4 is 0 Å². The average Bonchev–Trinajstić information content (AvgIpc) is 3.23. The summed E-state index contributed by atoms with van der Waals surface area (Å²) in [5, 5.41) is 10.9. The summed E-state index contributed by atoms with van der Waals surface area (Å²) < 4.78 is 7.44. The fourth-order valence-corrected chi connectivity index (χ4v) is 3.37. The van der Waals surface area contributed by atoms with Crippen LogP contribution in [0.25, 0.3) is 5.52 Å². The number of aliphatic hydroxyl groups excluding tert-OH is 1. The van der Waals surface area contributed by atoms with E-state index < -0.39 is 6.10 Å². The standard InChI is InChI=1S/C16H20N2O2/c19-16(12-4-7-20-8-5-12)15-13(11-1-2-11)3-6-18-10-17-9-14(15)18/h3,6,9-12,16,19H,1-2,4-5,7-8H2. The Kier molecular flexibility index (Phi) is 3.00. The Hall–Kier alpha value is -1.39. The van der Waals surface area contributed by atoms with Gasteiger partial charge in [-0.1, -0.05) is 0 Å². The van der Waals surface area contributed by atoms with Crippen molar-refractivity contribution in [2.45, 2.75) is 37.7 Å². The smallest absolute Gasteiger partial charge is 0.0992 e. The molecule has 1 aliphatic carbocycles. The lowest BCUT2D eigenvalue weighted by Crippen LogP contribution is -2.23. The minimum atomic E-state index is -0.394. The van der Waals surface area contributed by atoms with Crippen molar-refractivity contribution in [3.8, 4) is 0 Å². The van der Waals surface area contributed by atoms with Gasteiger partial charge in [-0.25, -0.2) is 4.98 Å². The molecule has 0 bridgehead atoms.